The largest absolute Gasteiger partial charge is 0.469 e. The Morgan fingerprint density at radius 3 is 2.45 bits per heavy atom. The van der Waals surface area contributed by atoms with Crippen LogP contribution >= 0.6 is 0 Å². The van der Waals surface area contributed by atoms with Gasteiger partial charge in [0, 0.05) is 0 Å². The molecule has 1 aromatic rings. The summed E-state index contributed by atoms with van der Waals surface area (Å²) >= 11 is 0. The van der Waals surface area contributed by atoms with Crippen LogP contribution in [0, 0.1) is 12.8 Å². The first kappa shape index (κ1) is 15.0. The van der Waals surface area contributed by atoms with Crippen molar-refractivity contribution in [3.63, 3.8) is 0 Å². The van der Waals surface area contributed by atoms with Crippen molar-refractivity contribution in [2.45, 2.75) is 37.2 Å². The molecule has 6 heteroatoms. The summed E-state index contributed by atoms with van der Waals surface area (Å²) in [6.07, 6.45) is 1.08. The predicted molar refractivity (Wildman–Crippen MR) is 72.6 cm³/mol. The fourth-order valence-electron chi connectivity index (χ4n) is 2.35. The molecule has 5 nitrogen and oxygen atoms in total. The van der Waals surface area contributed by atoms with Crippen molar-refractivity contribution in [1.82, 2.24) is 0 Å². The van der Waals surface area contributed by atoms with Gasteiger partial charge >= 0.3 is 5.97 Å². The van der Waals surface area contributed by atoms with Gasteiger partial charge in [-0.05, 0) is 38.3 Å². The van der Waals surface area contributed by atoms with Crippen molar-refractivity contribution in [1.29, 1.82) is 0 Å². The Balaban J connectivity index is 2.03. The maximum Gasteiger partial charge on any atom is 0.308 e. The average Bonchev–Trinajstić information content (AvgIpc) is 2.86. The first-order chi connectivity index (χ1) is 9.42. The summed E-state index contributed by atoms with van der Waals surface area (Å²) in [4.78, 5) is 11.5. The molecule has 20 heavy (non-hydrogen) atoms. The molecule has 1 aliphatic rings. The van der Waals surface area contributed by atoms with Gasteiger partial charge in [0.1, 0.15) is 0 Å². The predicted octanol–water partition coefficient (Wildman–Crippen LogP) is 2.04. The fourth-order valence-corrected chi connectivity index (χ4v) is 3.46. The summed E-state index contributed by atoms with van der Waals surface area (Å²) in [6, 6.07) is 6.50. The molecule has 1 aliphatic carbocycles. The molecule has 2 rings (SSSR count). The van der Waals surface area contributed by atoms with Gasteiger partial charge in [-0.1, -0.05) is 17.7 Å². The van der Waals surface area contributed by atoms with Gasteiger partial charge in [-0.15, -0.1) is 0 Å². The van der Waals surface area contributed by atoms with E-state index in [2.05, 4.69) is 4.74 Å². The van der Waals surface area contributed by atoms with E-state index in [1.807, 2.05) is 6.92 Å². The van der Waals surface area contributed by atoms with E-state index in [-0.39, 0.29) is 16.8 Å². The standard InChI is InChI=1S/C14H18O5S/c1-10-3-7-13(8-4-10)20(16,17)19-12-6-5-11(9-12)14(15)18-2/h3-4,7-8,11-12H,5-6,9H2,1-2H3/t11-,12+/m1/s1. The number of esters is 1. The van der Waals surface area contributed by atoms with Crippen molar-refractivity contribution in [3.05, 3.63) is 29.8 Å². The lowest BCUT2D eigenvalue weighted by molar-refractivity contribution is -0.145. The molecule has 0 radical (unpaired) electrons. The van der Waals surface area contributed by atoms with Gasteiger partial charge < -0.3 is 4.74 Å². The molecule has 0 N–H and O–H groups in total. The minimum atomic E-state index is -3.77. The number of hydrogen-bond acceptors (Lipinski definition) is 5. The van der Waals surface area contributed by atoms with E-state index < -0.39 is 16.2 Å². The number of methoxy groups -OCH3 is 1. The Morgan fingerprint density at radius 2 is 1.85 bits per heavy atom. The van der Waals surface area contributed by atoms with Crippen LogP contribution in [0.3, 0.4) is 0 Å². The molecule has 0 unspecified atom stereocenters. The van der Waals surface area contributed by atoms with Crippen LogP contribution < -0.4 is 0 Å². The molecule has 1 saturated carbocycles. The van der Waals surface area contributed by atoms with Crippen LogP contribution in [0.1, 0.15) is 24.8 Å². The van der Waals surface area contributed by atoms with Crippen LogP contribution in [0.5, 0.6) is 0 Å². The molecule has 110 valence electrons. The van der Waals surface area contributed by atoms with Crippen LogP contribution in [0.25, 0.3) is 0 Å². The molecule has 0 spiro atoms. The second-order valence-electron chi connectivity index (χ2n) is 5.02. The molecular weight excluding hydrogens is 280 g/mol. The van der Waals surface area contributed by atoms with E-state index in [4.69, 9.17) is 4.18 Å². The number of aryl methyl sites for hydroxylation is 1. The van der Waals surface area contributed by atoms with Crippen LogP contribution in [0.15, 0.2) is 29.2 Å². The van der Waals surface area contributed by atoms with Gasteiger partial charge in [0.05, 0.1) is 24.0 Å². The van der Waals surface area contributed by atoms with E-state index in [1.54, 1.807) is 12.1 Å². The monoisotopic (exact) mass is 298 g/mol. The van der Waals surface area contributed by atoms with Gasteiger partial charge in [0.25, 0.3) is 10.1 Å². The molecule has 1 aromatic carbocycles. The summed E-state index contributed by atoms with van der Waals surface area (Å²) < 4.78 is 34.1. The third-order valence-corrected chi connectivity index (χ3v) is 4.87. The van der Waals surface area contributed by atoms with Gasteiger partial charge in [-0.2, -0.15) is 8.42 Å². The van der Waals surface area contributed by atoms with Crippen LogP contribution in [0.4, 0.5) is 0 Å². The Bertz CT molecular complexity index is 576. The lowest BCUT2D eigenvalue weighted by atomic mass is 10.1. The molecule has 0 aromatic heterocycles. The number of benzene rings is 1. The van der Waals surface area contributed by atoms with E-state index >= 15 is 0 Å². The highest BCUT2D eigenvalue weighted by atomic mass is 32.2. The second kappa shape index (κ2) is 5.93. The maximum absolute atomic E-state index is 12.1. The van der Waals surface area contributed by atoms with Crippen LogP contribution in [-0.4, -0.2) is 27.6 Å². The van der Waals surface area contributed by atoms with Crippen molar-refractivity contribution in [2.24, 2.45) is 5.92 Å². The summed E-state index contributed by atoms with van der Waals surface area (Å²) in [5.74, 6) is -0.568. The number of hydrogen-bond donors (Lipinski definition) is 0. The van der Waals surface area contributed by atoms with Gasteiger partial charge in [-0.3, -0.25) is 8.98 Å². The number of ether oxygens (including phenoxy) is 1. The summed E-state index contributed by atoms with van der Waals surface area (Å²) in [7, 11) is -2.44. The van der Waals surface area contributed by atoms with E-state index in [9.17, 15) is 13.2 Å². The van der Waals surface area contributed by atoms with E-state index in [1.165, 1.54) is 19.2 Å². The summed E-state index contributed by atoms with van der Waals surface area (Å²) in [6.45, 7) is 1.88. The SMILES string of the molecule is COC(=O)[C@@H]1CC[C@H](OS(=O)(=O)c2ccc(C)cc2)C1. The normalized spacial score (nSPS) is 22.7. The quantitative estimate of drug-likeness (QED) is 0.628. The van der Waals surface area contributed by atoms with E-state index in [0.29, 0.717) is 19.3 Å². The van der Waals surface area contributed by atoms with Crippen molar-refractivity contribution < 1.29 is 22.1 Å². The first-order valence-corrected chi connectivity index (χ1v) is 7.91. The zero-order valence-corrected chi connectivity index (χ0v) is 12.4. The Kier molecular flexibility index (Phi) is 4.45. The average molecular weight is 298 g/mol. The highest BCUT2D eigenvalue weighted by Gasteiger charge is 2.34. The van der Waals surface area contributed by atoms with Gasteiger partial charge in [0.15, 0.2) is 0 Å². The second-order valence-corrected chi connectivity index (χ2v) is 6.59. The minimum Gasteiger partial charge on any atom is -0.469 e. The molecule has 2 atom stereocenters. The molecular formula is C14H18O5S. The topological polar surface area (TPSA) is 69.7 Å². The Morgan fingerprint density at radius 1 is 1.20 bits per heavy atom. The molecule has 0 amide bonds. The van der Waals surface area contributed by atoms with Crippen LogP contribution in [0.2, 0.25) is 0 Å². The Labute approximate surface area is 119 Å². The van der Waals surface area contributed by atoms with Crippen molar-refractivity contribution in [3.8, 4) is 0 Å². The molecule has 0 bridgehead atoms. The smallest absolute Gasteiger partial charge is 0.308 e. The zero-order valence-electron chi connectivity index (χ0n) is 11.5. The highest BCUT2D eigenvalue weighted by Crippen LogP contribution is 2.31. The van der Waals surface area contributed by atoms with E-state index in [0.717, 1.165) is 5.56 Å². The molecule has 1 fully saturated rings. The maximum atomic E-state index is 12.1. The molecule has 0 heterocycles. The van der Waals surface area contributed by atoms with Gasteiger partial charge in [-0.25, -0.2) is 0 Å². The number of rotatable bonds is 4. The lowest BCUT2D eigenvalue weighted by Gasteiger charge is -2.12. The lowest BCUT2D eigenvalue weighted by Crippen LogP contribution is -2.18. The minimum absolute atomic E-state index is 0.143. The molecule has 0 aliphatic heterocycles. The highest BCUT2D eigenvalue weighted by molar-refractivity contribution is 7.86. The summed E-state index contributed by atoms with van der Waals surface area (Å²) in [5.41, 5.74) is 0.982. The Hall–Kier alpha value is -1.40. The third-order valence-electron chi connectivity index (χ3n) is 3.49. The van der Waals surface area contributed by atoms with Crippen molar-refractivity contribution in [2.75, 3.05) is 7.11 Å². The fraction of sp³-hybridized carbons (Fsp3) is 0.500. The third kappa shape index (κ3) is 3.37. The number of carbonyl (C=O) groups excluding carboxylic acids is 1. The van der Waals surface area contributed by atoms with Crippen molar-refractivity contribution >= 4 is 16.1 Å². The summed E-state index contributed by atoms with van der Waals surface area (Å²) in [5, 5.41) is 0. The zero-order chi connectivity index (χ0) is 14.8. The van der Waals surface area contributed by atoms with Gasteiger partial charge in [0.2, 0.25) is 0 Å². The molecule has 0 saturated heterocycles. The van der Waals surface area contributed by atoms with Crippen LogP contribution in [-0.2, 0) is 23.8 Å². The number of carbonyl (C=O) groups is 1. The first-order valence-electron chi connectivity index (χ1n) is 6.50.